The Morgan fingerprint density at radius 1 is 1.25 bits per heavy atom. The summed E-state index contributed by atoms with van der Waals surface area (Å²) in [5.41, 5.74) is 3.34. The highest BCUT2D eigenvalue weighted by Crippen LogP contribution is 2.27. The monoisotopic (exact) mass is 273 g/mol. The number of nitrogens with zero attached hydrogens (tertiary/aromatic N) is 1. The molecule has 0 spiro atoms. The summed E-state index contributed by atoms with van der Waals surface area (Å²) in [6, 6.07) is 11.5. The van der Waals surface area contributed by atoms with Crippen LogP contribution in [0, 0.1) is 0 Å². The molecule has 0 saturated carbocycles. The van der Waals surface area contributed by atoms with Crippen LogP contribution >= 0.6 is 0 Å². The van der Waals surface area contributed by atoms with Gasteiger partial charge in [-0.1, -0.05) is 31.2 Å². The summed E-state index contributed by atoms with van der Waals surface area (Å²) in [6.45, 7) is 3.23. The third kappa shape index (κ3) is 2.75. The molecule has 0 bridgehead atoms. The van der Waals surface area contributed by atoms with Crippen molar-refractivity contribution in [2.75, 3.05) is 7.11 Å². The van der Waals surface area contributed by atoms with Crippen molar-refractivity contribution in [3.8, 4) is 11.3 Å². The van der Waals surface area contributed by atoms with E-state index in [-0.39, 0.29) is 0 Å². The molecule has 2 rings (SSSR count). The Hall–Kier alpha value is -2.07. The number of rotatable bonds is 6. The van der Waals surface area contributed by atoms with Gasteiger partial charge >= 0.3 is 5.97 Å². The van der Waals surface area contributed by atoms with E-state index >= 15 is 0 Å². The molecule has 4 heteroatoms. The number of hydrogen-bond donors (Lipinski definition) is 1. The van der Waals surface area contributed by atoms with Crippen molar-refractivity contribution in [2.45, 2.75) is 26.5 Å². The van der Waals surface area contributed by atoms with Crippen LogP contribution in [0.1, 0.15) is 29.4 Å². The Bertz CT molecular complexity index is 602. The lowest BCUT2D eigenvalue weighted by Gasteiger charge is -2.13. The summed E-state index contributed by atoms with van der Waals surface area (Å²) >= 11 is 0. The van der Waals surface area contributed by atoms with Gasteiger partial charge in [-0.15, -0.1) is 0 Å². The number of aromatic nitrogens is 1. The van der Waals surface area contributed by atoms with Crippen molar-refractivity contribution in [1.82, 2.24) is 4.57 Å². The summed E-state index contributed by atoms with van der Waals surface area (Å²) in [7, 11) is 1.66. The highest BCUT2D eigenvalue weighted by Gasteiger charge is 2.16. The average Bonchev–Trinajstić information content (AvgIpc) is 2.84. The molecule has 0 radical (unpaired) electrons. The molecule has 0 amide bonds. The van der Waals surface area contributed by atoms with E-state index in [1.54, 1.807) is 13.2 Å². The number of carboxylic acids is 1. The van der Waals surface area contributed by atoms with Crippen LogP contribution in [0.4, 0.5) is 0 Å². The van der Waals surface area contributed by atoms with Crippen molar-refractivity contribution in [3.63, 3.8) is 0 Å². The van der Waals surface area contributed by atoms with Crippen LogP contribution in [-0.4, -0.2) is 22.8 Å². The Kier molecular flexibility index (Phi) is 4.58. The van der Waals surface area contributed by atoms with E-state index in [0.29, 0.717) is 18.8 Å². The van der Waals surface area contributed by atoms with Gasteiger partial charge in [-0.3, -0.25) is 0 Å². The van der Waals surface area contributed by atoms with Crippen LogP contribution in [0.2, 0.25) is 0 Å². The second kappa shape index (κ2) is 6.39. The van der Waals surface area contributed by atoms with E-state index in [2.05, 4.69) is 0 Å². The lowest BCUT2D eigenvalue weighted by atomic mass is 10.1. The molecule has 0 fully saturated rings. The van der Waals surface area contributed by atoms with Crippen molar-refractivity contribution in [2.24, 2.45) is 0 Å². The minimum Gasteiger partial charge on any atom is -0.477 e. The predicted octanol–water partition coefficient (Wildman–Crippen LogP) is 3.41. The van der Waals surface area contributed by atoms with Crippen LogP contribution in [0.25, 0.3) is 11.3 Å². The van der Waals surface area contributed by atoms with Gasteiger partial charge in [0, 0.05) is 24.9 Å². The third-order valence-corrected chi connectivity index (χ3v) is 3.24. The van der Waals surface area contributed by atoms with Gasteiger partial charge in [0.1, 0.15) is 5.69 Å². The summed E-state index contributed by atoms with van der Waals surface area (Å²) in [6.07, 6.45) is 0.883. The van der Waals surface area contributed by atoms with Crippen molar-refractivity contribution >= 4 is 5.97 Å². The van der Waals surface area contributed by atoms with Gasteiger partial charge in [0.25, 0.3) is 0 Å². The molecule has 4 nitrogen and oxygen atoms in total. The molecule has 1 aromatic heterocycles. The molecule has 2 aromatic rings. The number of carbonyl (C=O) groups is 1. The molecular weight excluding hydrogens is 254 g/mol. The SMILES string of the molecule is CCCn1c(C(=O)O)ccc1-c1ccccc1COC. The maximum atomic E-state index is 11.3. The molecule has 0 aliphatic carbocycles. The van der Waals surface area contributed by atoms with E-state index in [0.717, 1.165) is 23.2 Å². The zero-order chi connectivity index (χ0) is 14.5. The van der Waals surface area contributed by atoms with Gasteiger partial charge in [-0.25, -0.2) is 4.79 Å². The lowest BCUT2D eigenvalue weighted by molar-refractivity contribution is 0.0685. The molecule has 0 saturated heterocycles. The van der Waals surface area contributed by atoms with Gasteiger partial charge in [0.15, 0.2) is 0 Å². The maximum Gasteiger partial charge on any atom is 0.352 e. The van der Waals surface area contributed by atoms with E-state index < -0.39 is 5.97 Å². The van der Waals surface area contributed by atoms with E-state index in [1.165, 1.54) is 0 Å². The Morgan fingerprint density at radius 3 is 2.65 bits per heavy atom. The molecule has 1 heterocycles. The minimum absolute atomic E-state index is 0.328. The second-order valence-corrected chi connectivity index (χ2v) is 4.65. The van der Waals surface area contributed by atoms with Gasteiger partial charge in [0.05, 0.1) is 6.61 Å². The largest absolute Gasteiger partial charge is 0.477 e. The molecule has 106 valence electrons. The summed E-state index contributed by atoms with van der Waals surface area (Å²) in [5.74, 6) is -0.895. The zero-order valence-electron chi connectivity index (χ0n) is 11.8. The van der Waals surface area contributed by atoms with Crippen LogP contribution in [0.3, 0.4) is 0 Å². The van der Waals surface area contributed by atoms with Crippen LogP contribution in [0.15, 0.2) is 36.4 Å². The smallest absolute Gasteiger partial charge is 0.352 e. The first-order valence-corrected chi connectivity index (χ1v) is 6.69. The molecule has 1 N–H and O–H groups in total. The summed E-state index contributed by atoms with van der Waals surface area (Å²) < 4.78 is 7.08. The molecule has 1 aromatic carbocycles. The number of carboxylic acid groups (broad SMARTS) is 1. The fraction of sp³-hybridized carbons (Fsp3) is 0.312. The van der Waals surface area contributed by atoms with Crippen molar-refractivity contribution in [3.05, 3.63) is 47.7 Å². The quantitative estimate of drug-likeness (QED) is 0.877. The van der Waals surface area contributed by atoms with Gasteiger partial charge in [-0.05, 0) is 24.1 Å². The fourth-order valence-corrected chi connectivity index (χ4v) is 2.41. The van der Waals surface area contributed by atoms with Crippen molar-refractivity contribution in [1.29, 1.82) is 0 Å². The zero-order valence-corrected chi connectivity index (χ0v) is 11.8. The number of aromatic carboxylic acids is 1. The summed E-state index contributed by atoms with van der Waals surface area (Å²) in [5, 5.41) is 9.28. The van der Waals surface area contributed by atoms with E-state index in [4.69, 9.17) is 4.74 Å². The molecule has 20 heavy (non-hydrogen) atoms. The minimum atomic E-state index is -0.895. The van der Waals surface area contributed by atoms with Gasteiger partial charge in [-0.2, -0.15) is 0 Å². The van der Waals surface area contributed by atoms with Crippen LogP contribution in [0.5, 0.6) is 0 Å². The maximum absolute atomic E-state index is 11.3. The molecule has 0 atom stereocenters. The first-order valence-electron chi connectivity index (χ1n) is 6.69. The number of ether oxygens (including phenoxy) is 1. The predicted molar refractivity (Wildman–Crippen MR) is 77.8 cm³/mol. The second-order valence-electron chi connectivity index (χ2n) is 4.65. The first-order chi connectivity index (χ1) is 9.69. The van der Waals surface area contributed by atoms with E-state index in [9.17, 15) is 9.90 Å². The third-order valence-electron chi connectivity index (χ3n) is 3.24. The van der Waals surface area contributed by atoms with Gasteiger partial charge < -0.3 is 14.4 Å². The molecular formula is C16H19NO3. The number of benzene rings is 1. The van der Waals surface area contributed by atoms with Crippen LogP contribution < -0.4 is 0 Å². The summed E-state index contributed by atoms with van der Waals surface area (Å²) in [4.78, 5) is 11.3. The standard InChI is InChI=1S/C16H19NO3/c1-3-10-17-14(8-9-15(17)16(18)19)13-7-5-4-6-12(13)11-20-2/h4-9H,3,10-11H2,1-2H3,(H,18,19). The topological polar surface area (TPSA) is 51.5 Å². The Labute approximate surface area is 118 Å². The first kappa shape index (κ1) is 14.3. The normalized spacial score (nSPS) is 10.7. The highest BCUT2D eigenvalue weighted by atomic mass is 16.5. The van der Waals surface area contributed by atoms with Crippen LogP contribution in [-0.2, 0) is 17.9 Å². The number of hydrogen-bond acceptors (Lipinski definition) is 2. The fourth-order valence-electron chi connectivity index (χ4n) is 2.41. The molecule has 0 aliphatic heterocycles. The number of methoxy groups -OCH3 is 1. The van der Waals surface area contributed by atoms with E-state index in [1.807, 2.05) is 41.8 Å². The Morgan fingerprint density at radius 2 is 2.00 bits per heavy atom. The Balaban J connectivity index is 2.55. The van der Waals surface area contributed by atoms with Crippen molar-refractivity contribution < 1.29 is 14.6 Å². The molecule has 0 aliphatic rings. The highest BCUT2D eigenvalue weighted by molar-refractivity contribution is 5.87. The average molecular weight is 273 g/mol. The molecule has 0 unspecified atom stereocenters. The van der Waals surface area contributed by atoms with Gasteiger partial charge in [0.2, 0.25) is 0 Å². The lowest BCUT2D eigenvalue weighted by Crippen LogP contribution is -2.10.